The Hall–Kier alpha value is -1.80. The molecule has 0 saturated heterocycles. The van der Waals surface area contributed by atoms with E-state index in [-0.39, 0.29) is 0 Å². The Balaban J connectivity index is 2.17. The number of aryl methyl sites for hydroxylation is 2. The first-order valence-electron chi connectivity index (χ1n) is 6.62. The number of hydrogen-bond donors (Lipinski definition) is 1. The molecule has 0 spiro atoms. The number of rotatable bonds is 5. The molecule has 0 aliphatic rings. The van der Waals surface area contributed by atoms with Crippen molar-refractivity contribution in [2.24, 2.45) is 0 Å². The zero-order valence-corrected chi connectivity index (χ0v) is 11.9. The molecule has 0 radical (unpaired) electrons. The van der Waals surface area contributed by atoms with Crippen LogP contribution in [0.3, 0.4) is 0 Å². The molecule has 0 bridgehead atoms. The lowest BCUT2D eigenvalue weighted by Crippen LogP contribution is -2.08. The zero-order chi connectivity index (χ0) is 13.7. The van der Waals surface area contributed by atoms with Crippen LogP contribution in [0, 0.1) is 13.8 Å². The molecule has 1 N–H and O–H groups in total. The van der Waals surface area contributed by atoms with Gasteiger partial charge in [0.15, 0.2) is 0 Å². The van der Waals surface area contributed by atoms with Crippen molar-refractivity contribution in [2.75, 3.05) is 7.05 Å². The average Bonchev–Trinajstić information content (AvgIpc) is 2.40. The van der Waals surface area contributed by atoms with Crippen LogP contribution in [-0.2, 0) is 13.2 Å². The Morgan fingerprint density at radius 1 is 0.895 bits per heavy atom. The van der Waals surface area contributed by atoms with E-state index in [0.717, 1.165) is 12.3 Å². The van der Waals surface area contributed by atoms with Crippen LogP contribution in [0.5, 0.6) is 5.75 Å². The minimum Gasteiger partial charge on any atom is -0.488 e. The second-order valence-corrected chi connectivity index (χ2v) is 4.81. The van der Waals surface area contributed by atoms with Crippen LogP contribution in [0.4, 0.5) is 0 Å². The molecule has 0 aliphatic carbocycles. The highest BCUT2D eigenvalue weighted by Gasteiger charge is 2.07. The number of ether oxygens (including phenoxy) is 1. The maximum absolute atomic E-state index is 6.05. The van der Waals surface area contributed by atoms with Gasteiger partial charge in [-0.1, -0.05) is 42.5 Å². The molecule has 100 valence electrons. The van der Waals surface area contributed by atoms with E-state index in [4.69, 9.17) is 4.74 Å². The van der Waals surface area contributed by atoms with Gasteiger partial charge in [0, 0.05) is 12.1 Å². The van der Waals surface area contributed by atoms with E-state index in [0.29, 0.717) is 6.61 Å². The highest BCUT2D eigenvalue weighted by molar-refractivity contribution is 5.41. The molecule has 2 aromatic rings. The van der Waals surface area contributed by atoms with Crippen molar-refractivity contribution in [3.8, 4) is 5.75 Å². The van der Waals surface area contributed by atoms with Gasteiger partial charge in [0.25, 0.3) is 0 Å². The Morgan fingerprint density at radius 3 is 2.32 bits per heavy atom. The molecular weight excluding hydrogens is 234 g/mol. The second kappa shape index (κ2) is 6.39. The second-order valence-electron chi connectivity index (χ2n) is 4.81. The summed E-state index contributed by atoms with van der Waals surface area (Å²) < 4.78 is 6.05. The molecular formula is C17H21NO. The predicted octanol–water partition coefficient (Wildman–Crippen LogP) is 3.60. The van der Waals surface area contributed by atoms with E-state index in [1.807, 2.05) is 7.05 Å². The lowest BCUT2D eigenvalue weighted by molar-refractivity contribution is 0.299. The van der Waals surface area contributed by atoms with Crippen LogP contribution in [0.1, 0.15) is 22.3 Å². The van der Waals surface area contributed by atoms with E-state index < -0.39 is 0 Å². The van der Waals surface area contributed by atoms with Crippen molar-refractivity contribution in [2.45, 2.75) is 27.0 Å². The maximum Gasteiger partial charge on any atom is 0.127 e. The molecule has 2 rings (SSSR count). The molecule has 19 heavy (non-hydrogen) atoms. The lowest BCUT2D eigenvalue weighted by atomic mass is 10.1. The van der Waals surface area contributed by atoms with Gasteiger partial charge in [0.2, 0.25) is 0 Å². The zero-order valence-electron chi connectivity index (χ0n) is 11.9. The van der Waals surface area contributed by atoms with Crippen molar-refractivity contribution in [1.82, 2.24) is 5.32 Å². The molecule has 0 aliphatic heterocycles. The van der Waals surface area contributed by atoms with E-state index in [1.165, 1.54) is 22.3 Å². The monoisotopic (exact) mass is 255 g/mol. The molecule has 0 amide bonds. The Kier molecular flexibility index (Phi) is 4.58. The lowest BCUT2D eigenvalue weighted by Gasteiger charge is -2.15. The Bertz CT molecular complexity index is 549. The minimum absolute atomic E-state index is 0.619. The van der Waals surface area contributed by atoms with Gasteiger partial charge in [0.05, 0.1) is 0 Å². The number of benzene rings is 2. The first-order valence-corrected chi connectivity index (χ1v) is 6.62. The van der Waals surface area contributed by atoms with E-state index in [9.17, 15) is 0 Å². The molecule has 0 aromatic heterocycles. The summed E-state index contributed by atoms with van der Waals surface area (Å²) >= 11 is 0. The molecule has 2 aromatic carbocycles. The Labute approximate surface area is 115 Å². The van der Waals surface area contributed by atoms with E-state index in [1.54, 1.807) is 0 Å². The molecule has 0 unspecified atom stereocenters. The summed E-state index contributed by atoms with van der Waals surface area (Å²) in [6.45, 7) is 5.65. The van der Waals surface area contributed by atoms with Gasteiger partial charge in [-0.15, -0.1) is 0 Å². The third kappa shape index (κ3) is 3.36. The highest BCUT2D eigenvalue weighted by atomic mass is 16.5. The highest BCUT2D eigenvalue weighted by Crippen LogP contribution is 2.24. The van der Waals surface area contributed by atoms with E-state index >= 15 is 0 Å². The maximum atomic E-state index is 6.05. The summed E-state index contributed by atoms with van der Waals surface area (Å²) in [5, 5.41) is 3.18. The summed E-state index contributed by atoms with van der Waals surface area (Å²) in [4.78, 5) is 0. The predicted molar refractivity (Wildman–Crippen MR) is 79.5 cm³/mol. The number of hydrogen-bond acceptors (Lipinski definition) is 2. The van der Waals surface area contributed by atoms with Crippen molar-refractivity contribution < 1.29 is 4.74 Å². The molecule has 0 saturated carbocycles. The molecule has 0 fully saturated rings. The topological polar surface area (TPSA) is 21.3 Å². The third-order valence-corrected chi connectivity index (χ3v) is 3.29. The Morgan fingerprint density at radius 2 is 1.58 bits per heavy atom. The SMILES string of the molecule is CNCc1cccc(C)c1OCc1ccccc1C. The summed E-state index contributed by atoms with van der Waals surface area (Å²) in [6.07, 6.45) is 0. The summed E-state index contributed by atoms with van der Waals surface area (Å²) in [7, 11) is 1.95. The van der Waals surface area contributed by atoms with Crippen molar-refractivity contribution in [3.63, 3.8) is 0 Å². The first-order chi connectivity index (χ1) is 9.22. The smallest absolute Gasteiger partial charge is 0.127 e. The van der Waals surface area contributed by atoms with Gasteiger partial charge in [-0.05, 0) is 37.6 Å². The van der Waals surface area contributed by atoms with Gasteiger partial charge in [0.1, 0.15) is 12.4 Å². The fraction of sp³-hybridized carbons (Fsp3) is 0.294. The number of para-hydroxylation sites is 1. The van der Waals surface area contributed by atoms with Gasteiger partial charge < -0.3 is 10.1 Å². The summed E-state index contributed by atoms with van der Waals surface area (Å²) in [6, 6.07) is 14.6. The quantitative estimate of drug-likeness (QED) is 0.881. The molecule has 0 heterocycles. The third-order valence-electron chi connectivity index (χ3n) is 3.29. The largest absolute Gasteiger partial charge is 0.488 e. The fourth-order valence-electron chi connectivity index (χ4n) is 2.17. The minimum atomic E-state index is 0.619. The van der Waals surface area contributed by atoms with Crippen LogP contribution < -0.4 is 10.1 Å². The van der Waals surface area contributed by atoms with Gasteiger partial charge in [-0.25, -0.2) is 0 Å². The standard InChI is InChI=1S/C17H21NO/c1-13-7-4-5-9-16(13)12-19-17-14(2)8-6-10-15(17)11-18-3/h4-10,18H,11-12H2,1-3H3. The summed E-state index contributed by atoms with van der Waals surface area (Å²) in [5.74, 6) is 1.00. The normalized spacial score (nSPS) is 10.5. The van der Waals surface area contributed by atoms with Crippen molar-refractivity contribution >= 4 is 0 Å². The van der Waals surface area contributed by atoms with Crippen molar-refractivity contribution in [1.29, 1.82) is 0 Å². The number of nitrogens with one attached hydrogen (secondary N) is 1. The van der Waals surface area contributed by atoms with Crippen LogP contribution in [-0.4, -0.2) is 7.05 Å². The van der Waals surface area contributed by atoms with Crippen LogP contribution in [0.15, 0.2) is 42.5 Å². The van der Waals surface area contributed by atoms with Crippen molar-refractivity contribution in [3.05, 3.63) is 64.7 Å². The van der Waals surface area contributed by atoms with E-state index in [2.05, 4.69) is 61.6 Å². The van der Waals surface area contributed by atoms with Crippen LogP contribution in [0.2, 0.25) is 0 Å². The van der Waals surface area contributed by atoms with Gasteiger partial charge in [-0.2, -0.15) is 0 Å². The molecule has 0 atom stereocenters. The van der Waals surface area contributed by atoms with Crippen LogP contribution >= 0.6 is 0 Å². The molecule has 2 nitrogen and oxygen atoms in total. The van der Waals surface area contributed by atoms with Crippen LogP contribution in [0.25, 0.3) is 0 Å². The fourth-order valence-corrected chi connectivity index (χ4v) is 2.17. The van der Waals surface area contributed by atoms with Gasteiger partial charge >= 0.3 is 0 Å². The summed E-state index contributed by atoms with van der Waals surface area (Å²) in [5.41, 5.74) is 4.89. The average molecular weight is 255 g/mol. The van der Waals surface area contributed by atoms with Gasteiger partial charge in [-0.3, -0.25) is 0 Å². The molecule has 2 heteroatoms. The first kappa shape index (κ1) is 13.6.